The molecule has 1 amide bonds. The number of hydrogen-bond donors (Lipinski definition) is 1. The van der Waals surface area contributed by atoms with E-state index in [0.29, 0.717) is 39.3 Å². The average Bonchev–Trinajstić information content (AvgIpc) is 3.53. The lowest BCUT2D eigenvalue weighted by molar-refractivity contribution is -0.122. The van der Waals surface area contributed by atoms with Crippen molar-refractivity contribution >= 4 is 51.7 Å². The average molecular weight is 533 g/mol. The van der Waals surface area contributed by atoms with Gasteiger partial charge in [-0.3, -0.25) is 18.9 Å². The normalized spacial score (nSPS) is 14.6. The van der Waals surface area contributed by atoms with Crippen LogP contribution in [-0.4, -0.2) is 47.7 Å². The molecule has 1 aliphatic rings. The first kappa shape index (κ1) is 24.7. The number of methoxy groups -OCH3 is 1. The van der Waals surface area contributed by atoms with Gasteiger partial charge in [-0.2, -0.15) is 0 Å². The fourth-order valence-electron chi connectivity index (χ4n) is 3.94. The molecule has 1 saturated heterocycles. The van der Waals surface area contributed by atoms with Gasteiger partial charge in [0.2, 0.25) is 0 Å². The summed E-state index contributed by atoms with van der Waals surface area (Å²) in [5.74, 6) is 0.931. The highest BCUT2D eigenvalue weighted by Crippen LogP contribution is 2.34. The summed E-state index contributed by atoms with van der Waals surface area (Å²) < 4.78 is 9.10. The van der Waals surface area contributed by atoms with E-state index in [-0.39, 0.29) is 11.5 Å². The third-order valence-electron chi connectivity index (χ3n) is 5.86. The molecule has 0 saturated carbocycles. The van der Waals surface area contributed by atoms with Crippen molar-refractivity contribution in [1.82, 2.24) is 23.8 Å². The molecular weight excluding hydrogens is 508 g/mol. The Morgan fingerprint density at radius 3 is 2.73 bits per heavy atom. The van der Waals surface area contributed by atoms with Gasteiger partial charge in [0, 0.05) is 31.7 Å². The molecule has 4 aromatic rings. The lowest BCUT2D eigenvalue weighted by Crippen LogP contribution is -2.27. The molecule has 0 spiro atoms. The summed E-state index contributed by atoms with van der Waals surface area (Å²) in [7, 11) is 1.61. The molecule has 1 fully saturated rings. The van der Waals surface area contributed by atoms with Crippen LogP contribution in [-0.2, 0) is 17.9 Å². The zero-order chi connectivity index (χ0) is 25.8. The molecule has 1 aliphatic heterocycles. The Morgan fingerprint density at radius 2 is 1.97 bits per heavy atom. The number of nitrogens with zero attached hydrogens (tertiary/aromatic N) is 5. The van der Waals surface area contributed by atoms with Gasteiger partial charge in [-0.15, -0.1) is 0 Å². The number of benzene rings is 1. The Bertz CT molecular complexity index is 1530. The minimum absolute atomic E-state index is 0.241. The molecule has 0 unspecified atom stereocenters. The molecule has 1 aromatic carbocycles. The Labute approximate surface area is 222 Å². The fourth-order valence-corrected chi connectivity index (χ4v) is 5.17. The zero-order valence-corrected chi connectivity index (χ0v) is 21.7. The van der Waals surface area contributed by atoms with Gasteiger partial charge < -0.3 is 14.6 Å². The second kappa shape index (κ2) is 11.0. The Balaban J connectivity index is 1.41. The maximum atomic E-state index is 13.4. The van der Waals surface area contributed by atoms with Crippen LogP contribution in [0.15, 0.2) is 77.1 Å². The number of amides is 1. The Hall–Kier alpha value is -3.96. The van der Waals surface area contributed by atoms with Crippen LogP contribution in [0.4, 0.5) is 5.82 Å². The van der Waals surface area contributed by atoms with E-state index in [1.54, 1.807) is 44.0 Å². The summed E-state index contributed by atoms with van der Waals surface area (Å²) in [4.78, 5) is 37.4. The summed E-state index contributed by atoms with van der Waals surface area (Å²) in [5.41, 5.74) is 1.50. The smallest absolute Gasteiger partial charge is 0.267 e. The monoisotopic (exact) mass is 532 g/mol. The predicted molar refractivity (Wildman–Crippen MR) is 149 cm³/mol. The lowest BCUT2D eigenvalue weighted by atomic mass is 10.2. The third-order valence-corrected chi connectivity index (χ3v) is 7.24. The van der Waals surface area contributed by atoms with Gasteiger partial charge >= 0.3 is 0 Å². The molecule has 4 heterocycles. The minimum atomic E-state index is -0.261. The molecule has 188 valence electrons. The van der Waals surface area contributed by atoms with E-state index in [2.05, 4.69) is 15.3 Å². The van der Waals surface area contributed by atoms with E-state index in [1.165, 1.54) is 21.1 Å². The highest BCUT2D eigenvalue weighted by molar-refractivity contribution is 8.26. The summed E-state index contributed by atoms with van der Waals surface area (Å²) in [5, 5.41) is 3.29. The van der Waals surface area contributed by atoms with Crippen molar-refractivity contribution in [2.24, 2.45) is 0 Å². The number of pyridine rings is 1. The summed E-state index contributed by atoms with van der Waals surface area (Å²) >= 11 is 6.69. The molecule has 9 nitrogen and oxygen atoms in total. The zero-order valence-electron chi connectivity index (χ0n) is 20.0. The molecule has 3 aromatic heterocycles. The number of aryl methyl sites for hydroxylation is 1. The van der Waals surface area contributed by atoms with E-state index in [1.807, 2.05) is 41.1 Å². The van der Waals surface area contributed by atoms with Crippen LogP contribution in [0.25, 0.3) is 11.7 Å². The van der Waals surface area contributed by atoms with Crippen LogP contribution >= 0.6 is 24.0 Å². The number of carbonyl (C=O) groups excluding carboxylic acids is 1. The fraction of sp³-hybridized carbons (Fsp3) is 0.192. The number of imidazole rings is 1. The van der Waals surface area contributed by atoms with Crippen LogP contribution in [0, 0.1) is 0 Å². The molecular formula is C26H24N6O3S2. The number of carbonyl (C=O) groups is 1. The van der Waals surface area contributed by atoms with Crippen LogP contribution in [0.3, 0.4) is 0 Å². The number of nitrogens with one attached hydrogen (secondary N) is 1. The number of hydrogen-bond acceptors (Lipinski definition) is 8. The number of thiocarbonyl (C=S) groups is 1. The molecule has 0 bridgehead atoms. The SMILES string of the molecule is COc1ccc(CN2C(=O)/C(=C\c3c(NCCCn4ccnc4)nc4ccccn4c3=O)SC2=S)cc1. The standard InChI is InChI=1S/C26H24N6O3S2/c1-35-19-8-6-18(7-9-19)16-32-25(34)21(37-26(32)36)15-20-23(28-10-4-12-30-14-11-27-17-30)29-22-5-2-3-13-31(22)24(20)33/h2-3,5-9,11,13-15,17,28H,4,10,12,16H2,1H3/b21-15+. The minimum Gasteiger partial charge on any atom is -0.497 e. The van der Waals surface area contributed by atoms with Gasteiger partial charge in [0.15, 0.2) is 0 Å². The molecule has 11 heteroatoms. The van der Waals surface area contributed by atoms with E-state index >= 15 is 0 Å². The van der Waals surface area contributed by atoms with Gasteiger partial charge in [-0.1, -0.05) is 42.2 Å². The van der Waals surface area contributed by atoms with E-state index < -0.39 is 0 Å². The van der Waals surface area contributed by atoms with Crippen molar-refractivity contribution in [1.29, 1.82) is 0 Å². The second-order valence-electron chi connectivity index (χ2n) is 8.30. The highest BCUT2D eigenvalue weighted by Gasteiger charge is 2.32. The van der Waals surface area contributed by atoms with Crippen LogP contribution in [0.5, 0.6) is 5.75 Å². The first-order chi connectivity index (χ1) is 18.0. The van der Waals surface area contributed by atoms with Crippen molar-refractivity contribution in [2.75, 3.05) is 19.0 Å². The molecule has 37 heavy (non-hydrogen) atoms. The Morgan fingerprint density at radius 1 is 1.14 bits per heavy atom. The third kappa shape index (κ3) is 5.42. The van der Waals surface area contributed by atoms with E-state index in [9.17, 15) is 9.59 Å². The number of anilines is 1. The van der Waals surface area contributed by atoms with E-state index in [0.717, 1.165) is 24.3 Å². The summed E-state index contributed by atoms with van der Waals surface area (Å²) in [6.45, 7) is 1.70. The summed E-state index contributed by atoms with van der Waals surface area (Å²) in [6, 6.07) is 12.8. The van der Waals surface area contributed by atoms with Gasteiger partial charge in [0.25, 0.3) is 11.5 Å². The molecule has 1 N–H and O–H groups in total. The number of ether oxygens (including phenoxy) is 1. The number of fused-ring (bicyclic) bond motifs is 1. The quantitative estimate of drug-likeness (QED) is 0.198. The maximum absolute atomic E-state index is 13.4. The molecule has 0 atom stereocenters. The van der Waals surface area contributed by atoms with Gasteiger partial charge in [0.05, 0.1) is 30.5 Å². The first-order valence-corrected chi connectivity index (χ1v) is 12.9. The molecule has 5 rings (SSSR count). The van der Waals surface area contributed by atoms with E-state index in [4.69, 9.17) is 17.0 Å². The molecule has 0 aliphatic carbocycles. The lowest BCUT2D eigenvalue weighted by Gasteiger charge is -2.14. The van der Waals surface area contributed by atoms with Crippen molar-refractivity contribution in [3.63, 3.8) is 0 Å². The topological polar surface area (TPSA) is 93.8 Å². The number of rotatable bonds is 9. The van der Waals surface area contributed by atoms with Crippen molar-refractivity contribution in [2.45, 2.75) is 19.5 Å². The van der Waals surface area contributed by atoms with Crippen LogP contribution in [0.2, 0.25) is 0 Å². The largest absolute Gasteiger partial charge is 0.497 e. The summed E-state index contributed by atoms with van der Waals surface area (Å²) in [6.07, 6.45) is 9.47. The number of thioether (sulfide) groups is 1. The maximum Gasteiger partial charge on any atom is 0.267 e. The predicted octanol–water partition coefficient (Wildman–Crippen LogP) is 3.80. The van der Waals surface area contributed by atoms with Gasteiger partial charge in [-0.05, 0) is 42.3 Å². The van der Waals surface area contributed by atoms with Crippen molar-refractivity contribution in [3.8, 4) is 5.75 Å². The second-order valence-corrected chi connectivity index (χ2v) is 9.98. The molecule has 0 radical (unpaired) electrons. The number of aromatic nitrogens is 4. The van der Waals surface area contributed by atoms with Crippen molar-refractivity contribution in [3.05, 3.63) is 93.8 Å². The van der Waals surface area contributed by atoms with Gasteiger partial charge in [-0.25, -0.2) is 9.97 Å². The van der Waals surface area contributed by atoms with Crippen LogP contribution < -0.4 is 15.6 Å². The van der Waals surface area contributed by atoms with Crippen molar-refractivity contribution < 1.29 is 9.53 Å². The van der Waals surface area contributed by atoms with Crippen LogP contribution in [0.1, 0.15) is 17.5 Å². The van der Waals surface area contributed by atoms with Gasteiger partial charge in [0.1, 0.15) is 21.5 Å². The highest BCUT2D eigenvalue weighted by atomic mass is 32.2. The first-order valence-electron chi connectivity index (χ1n) is 11.6. The Kier molecular flexibility index (Phi) is 7.33.